The van der Waals surface area contributed by atoms with Crippen molar-refractivity contribution in [1.82, 2.24) is 9.97 Å². The Hall–Kier alpha value is -1.81. The van der Waals surface area contributed by atoms with Crippen molar-refractivity contribution in [2.75, 3.05) is 23.3 Å². The Morgan fingerprint density at radius 3 is 2.55 bits per heavy atom. The lowest BCUT2D eigenvalue weighted by Gasteiger charge is -2.27. The van der Waals surface area contributed by atoms with Gasteiger partial charge in [-0.05, 0) is 50.3 Å². The van der Waals surface area contributed by atoms with E-state index in [-0.39, 0.29) is 0 Å². The summed E-state index contributed by atoms with van der Waals surface area (Å²) in [6.07, 6.45) is 5.39. The van der Waals surface area contributed by atoms with Crippen molar-refractivity contribution < 1.29 is 0 Å². The minimum atomic E-state index is 0.718. The largest absolute Gasteiger partial charge is 0.356 e. The predicted octanol–water partition coefficient (Wildman–Crippen LogP) is 4.48. The highest BCUT2D eigenvalue weighted by Crippen LogP contribution is 2.30. The first-order chi connectivity index (χ1) is 10.6. The van der Waals surface area contributed by atoms with Crippen LogP contribution in [0.2, 0.25) is 5.02 Å². The summed E-state index contributed by atoms with van der Waals surface area (Å²) in [6, 6.07) is 6.07. The zero-order valence-corrected chi connectivity index (χ0v) is 13.8. The van der Waals surface area contributed by atoms with Crippen LogP contribution in [0.1, 0.15) is 30.4 Å². The van der Waals surface area contributed by atoms with E-state index < -0.39 is 0 Å². The van der Waals surface area contributed by atoms with Crippen molar-refractivity contribution in [3.63, 3.8) is 0 Å². The van der Waals surface area contributed by atoms with Crippen LogP contribution in [0, 0.1) is 13.8 Å². The van der Waals surface area contributed by atoms with Crippen molar-refractivity contribution in [2.45, 2.75) is 33.1 Å². The molecule has 1 aromatic carbocycles. The fraction of sp³-hybridized carbons (Fsp3) is 0.412. The summed E-state index contributed by atoms with van der Waals surface area (Å²) in [5.74, 6) is 1.77. The molecule has 3 rings (SSSR count). The number of nitrogens with zero attached hydrogens (tertiary/aromatic N) is 3. The van der Waals surface area contributed by atoms with E-state index in [0.717, 1.165) is 46.6 Å². The molecular formula is C17H21ClN4. The van der Waals surface area contributed by atoms with Crippen LogP contribution in [0.25, 0.3) is 0 Å². The van der Waals surface area contributed by atoms with Gasteiger partial charge in [0.25, 0.3) is 0 Å². The minimum absolute atomic E-state index is 0.718. The summed E-state index contributed by atoms with van der Waals surface area (Å²) >= 11 is 6.36. The lowest BCUT2D eigenvalue weighted by molar-refractivity contribution is 0.573. The van der Waals surface area contributed by atoms with Gasteiger partial charge >= 0.3 is 0 Å². The SMILES string of the molecule is Cc1cc(C)c(Nc2cc(N3CCCCC3)ncn2)c(Cl)c1. The van der Waals surface area contributed by atoms with E-state index in [1.54, 1.807) is 6.33 Å². The monoisotopic (exact) mass is 316 g/mol. The summed E-state index contributed by atoms with van der Waals surface area (Å²) in [4.78, 5) is 11.1. The van der Waals surface area contributed by atoms with Crippen LogP contribution in [0.3, 0.4) is 0 Å². The number of halogens is 1. The molecular weight excluding hydrogens is 296 g/mol. The van der Waals surface area contributed by atoms with E-state index in [4.69, 9.17) is 11.6 Å². The molecule has 2 heterocycles. The zero-order valence-electron chi connectivity index (χ0n) is 13.1. The third kappa shape index (κ3) is 3.33. The van der Waals surface area contributed by atoms with Gasteiger partial charge in [0.15, 0.2) is 0 Å². The highest BCUT2D eigenvalue weighted by Gasteiger charge is 2.13. The maximum Gasteiger partial charge on any atom is 0.135 e. The van der Waals surface area contributed by atoms with E-state index in [9.17, 15) is 0 Å². The molecule has 0 bridgehead atoms. The van der Waals surface area contributed by atoms with Gasteiger partial charge in [0.05, 0.1) is 10.7 Å². The van der Waals surface area contributed by atoms with Gasteiger partial charge in [-0.15, -0.1) is 0 Å². The van der Waals surface area contributed by atoms with Gasteiger partial charge in [0.2, 0.25) is 0 Å². The average Bonchev–Trinajstić information content (AvgIpc) is 2.52. The van der Waals surface area contributed by atoms with Gasteiger partial charge in [-0.25, -0.2) is 9.97 Å². The van der Waals surface area contributed by atoms with Crippen LogP contribution in [0.4, 0.5) is 17.3 Å². The molecule has 0 radical (unpaired) electrons. The molecule has 22 heavy (non-hydrogen) atoms. The molecule has 0 amide bonds. The Morgan fingerprint density at radius 1 is 1.05 bits per heavy atom. The van der Waals surface area contributed by atoms with Gasteiger partial charge in [0.1, 0.15) is 18.0 Å². The van der Waals surface area contributed by atoms with Gasteiger partial charge in [-0.2, -0.15) is 0 Å². The minimum Gasteiger partial charge on any atom is -0.356 e. The normalized spacial score (nSPS) is 15.0. The molecule has 1 aromatic heterocycles. The van der Waals surface area contributed by atoms with Crippen molar-refractivity contribution in [2.24, 2.45) is 0 Å². The molecule has 1 aliphatic rings. The summed E-state index contributed by atoms with van der Waals surface area (Å²) in [5.41, 5.74) is 3.18. The summed E-state index contributed by atoms with van der Waals surface area (Å²) < 4.78 is 0. The van der Waals surface area contributed by atoms with Gasteiger partial charge < -0.3 is 10.2 Å². The Kier molecular flexibility index (Phi) is 4.48. The Balaban J connectivity index is 1.84. The lowest BCUT2D eigenvalue weighted by atomic mass is 10.1. The van der Waals surface area contributed by atoms with Crippen LogP contribution < -0.4 is 10.2 Å². The number of aromatic nitrogens is 2. The number of hydrogen-bond acceptors (Lipinski definition) is 4. The molecule has 1 aliphatic heterocycles. The molecule has 1 saturated heterocycles. The second kappa shape index (κ2) is 6.53. The van der Waals surface area contributed by atoms with Crippen molar-refractivity contribution >= 4 is 28.9 Å². The number of benzene rings is 1. The first-order valence-corrected chi connectivity index (χ1v) is 8.12. The molecule has 0 atom stereocenters. The van der Waals surface area contributed by atoms with E-state index >= 15 is 0 Å². The van der Waals surface area contributed by atoms with Crippen LogP contribution in [-0.2, 0) is 0 Å². The number of rotatable bonds is 3. The van der Waals surface area contributed by atoms with Crippen LogP contribution >= 0.6 is 11.6 Å². The molecule has 0 saturated carbocycles. The lowest BCUT2D eigenvalue weighted by Crippen LogP contribution is -2.30. The summed E-state index contributed by atoms with van der Waals surface area (Å²) in [5, 5.41) is 4.06. The third-order valence-corrected chi connectivity index (χ3v) is 4.32. The summed E-state index contributed by atoms with van der Waals surface area (Å²) in [7, 11) is 0. The molecule has 5 heteroatoms. The molecule has 2 aromatic rings. The highest BCUT2D eigenvalue weighted by molar-refractivity contribution is 6.33. The first-order valence-electron chi connectivity index (χ1n) is 7.74. The molecule has 1 N–H and O–H groups in total. The Labute approximate surface area is 136 Å². The first kappa shape index (κ1) is 15.1. The fourth-order valence-electron chi connectivity index (χ4n) is 2.91. The van der Waals surface area contributed by atoms with Gasteiger partial charge in [-0.3, -0.25) is 0 Å². The zero-order chi connectivity index (χ0) is 15.5. The molecule has 0 unspecified atom stereocenters. The Bertz CT molecular complexity index is 642. The van der Waals surface area contributed by atoms with E-state index in [1.165, 1.54) is 19.3 Å². The number of anilines is 3. The predicted molar refractivity (Wildman–Crippen MR) is 92.3 cm³/mol. The molecule has 0 spiro atoms. The van der Waals surface area contributed by atoms with Crippen molar-refractivity contribution in [1.29, 1.82) is 0 Å². The quantitative estimate of drug-likeness (QED) is 0.906. The van der Waals surface area contributed by atoms with Crippen molar-refractivity contribution in [3.05, 3.63) is 40.7 Å². The molecule has 4 nitrogen and oxygen atoms in total. The maximum atomic E-state index is 6.36. The molecule has 0 aliphatic carbocycles. The van der Waals surface area contributed by atoms with Crippen LogP contribution in [0.15, 0.2) is 24.5 Å². The standard InChI is InChI=1S/C17H21ClN4/c1-12-8-13(2)17(14(18)9-12)21-15-10-16(20-11-19-15)22-6-4-3-5-7-22/h8-11H,3-7H2,1-2H3,(H,19,20,21). The third-order valence-electron chi connectivity index (χ3n) is 4.02. The van der Waals surface area contributed by atoms with Crippen LogP contribution in [-0.4, -0.2) is 23.1 Å². The van der Waals surface area contributed by atoms with E-state index in [1.807, 2.05) is 26.0 Å². The summed E-state index contributed by atoms with van der Waals surface area (Å²) in [6.45, 7) is 6.23. The van der Waals surface area contributed by atoms with Gasteiger partial charge in [-0.1, -0.05) is 17.7 Å². The number of piperidine rings is 1. The second-order valence-electron chi connectivity index (χ2n) is 5.87. The second-order valence-corrected chi connectivity index (χ2v) is 6.28. The number of hydrogen-bond donors (Lipinski definition) is 1. The fourth-order valence-corrected chi connectivity index (χ4v) is 3.28. The van der Waals surface area contributed by atoms with E-state index in [2.05, 4.69) is 26.3 Å². The topological polar surface area (TPSA) is 41.0 Å². The molecule has 116 valence electrons. The number of aryl methyl sites for hydroxylation is 2. The van der Waals surface area contributed by atoms with Crippen LogP contribution in [0.5, 0.6) is 0 Å². The van der Waals surface area contributed by atoms with Gasteiger partial charge in [0, 0.05) is 19.2 Å². The molecule has 1 fully saturated rings. The highest BCUT2D eigenvalue weighted by atomic mass is 35.5. The Morgan fingerprint density at radius 2 is 1.82 bits per heavy atom. The van der Waals surface area contributed by atoms with Crippen molar-refractivity contribution in [3.8, 4) is 0 Å². The number of nitrogens with one attached hydrogen (secondary N) is 1. The maximum absolute atomic E-state index is 6.36. The smallest absolute Gasteiger partial charge is 0.135 e. The average molecular weight is 317 g/mol. The van der Waals surface area contributed by atoms with E-state index in [0.29, 0.717) is 0 Å².